The number of carbonyl (C=O) groups excluding carboxylic acids is 1. The van der Waals surface area contributed by atoms with E-state index in [4.69, 9.17) is 0 Å². The van der Waals surface area contributed by atoms with E-state index in [1.54, 1.807) is 0 Å². The van der Waals surface area contributed by atoms with Crippen molar-refractivity contribution in [3.63, 3.8) is 0 Å². The Balaban J connectivity index is 1.61. The number of anilines is 1. The molecule has 30 heavy (non-hydrogen) atoms. The molecule has 1 N–H and O–H groups in total. The van der Waals surface area contributed by atoms with Gasteiger partial charge in [-0.15, -0.1) is 0 Å². The van der Waals surface area contributed by atoms with Gasteiger partial charge < -0.3 is 5.32 Å². The molecule has 0 aliphatic heterocycles. The Hall–Kier alpha value is -2.93. The van der Waals surface area contributed by atoms with Crippen LogP contribution >= 0.6 is 0 Å². The molecule has 0 heterocycles. The molecule has 0 saturated heterocycles. The second-order valence-electron chi connectivity index (χ2n) is 7.50. The molecular weight excluding hydrogens is 403 g/mol. The summed E-state index contributed by atoms with van der Waals surface area (Å²) < 4.78 is 38.3. The minimum Gasteiger partial charge on any atom is -0.354 e. The van der Waals surface area contributed by atoms with Crippen molar-refractivity contribution >= 4 is 32.4 Å². The topological polar surface area (TPSA) is 66.5 Å². The van der Waals surface area contributed by atoms with Gasteiger partial charge in [0.05, 0.1) is 11.9 Å². The molecule has 1 amide bonds. The van der Waals surface area contributed by atoms with E-state index in [9.17, 15) is 17.6 Å². The van der Waals surface area contributed by atoms with Crippen molar-refractivity contribution in [2.24, 2.45) is 5.92 Å². The first kappa shape index (κ1) is 21.8. The van der Waals surface area contributed by atoms with Crippen LogP contribution in [0.15, 0.2) is 66.7 Å². The third-order valence-electron chi connectivity index (χ3n) is 4.90. The lowest BCUT2D eigenvalue weighted by Gasteiger charge is -2.22. The summed E-state index contributed by atoms with van der Waals surface area (Å²) in [5, 5.41) is 5.18. The number of hydrogen-bond donors (Lipinski definition) is 1. The Labute approximate surface area is 176 Å². The highest BCUT2D eigenvalue weighted by molar-refractivity contribution is 7.92. The lowest BCUT2D eigenvalue weighted by Crippen LogP contribution is -2.41. The number of hydrogen-bond acceptors (Lipinski definition) is 3. The molecule has 0 aliphatic carbocycles. The number of rotatable bonds is 8. The van der Waals surface area contributed by atoms with Gasteiger partial charge in [0, 0.05) is 6.54 Å². The molecule has 0 radical (unpaired) electrons. The smallest absolute Gasteiger partial charge is 0.240 e. The van der Waals surface area contributed by atoms with Gasteiger partial charge in [0.15, 0.2) is 0 Å². The quantitative estimate of drug-likeness (QED) is 0.594. The van der Waals surface area contributed by atoms with Crippen molar-refractivity contribution in [3.05, 3.63) is 78.1 Å². The molecule has 1 atom stereocenters. The number of halogens is 1. The second kappa shape index (κ2) is 9.26. The van der Waals surface area contributed by atoms with Crippen molar-refractivity contribution in [1.29, 1.82) is 0 Å². The Bertz CT molecular complexity index is 1130. The highest BCUT2D eigenvalue weighted by atomic mass is 32.2. The van der Waals surface area contributed by atoms with E-state index in [0.717, 1.165) is 29.1 Å². The number of fused-ring (bicyclic) bond motifs is 1. The van der Waals surface area contributed by atoms with Crippen molar-refractivity contribution in [2.75, 3.05) is 23.7 Å². The van der Waals surface area contributed by atoms with Crippen LogP contribution in [-0.2, 0) is 21.2 Å². The summed E-state index contributed by atoms with van der Waals surface area (Å²) in [6.07, 6.45) is 1.81. The highest BCUT2D eigenvalue weighted by Crippen LogP contribution is 2.21. The van der Waals surface area contributed by atoms with Crippen molar-refractivity contribution in [1.82, 2.24) is 5.32 Å². The first-order valence-corrected chi connectivity index (χ1v) is 11.6. The fourth-order valence-electron chi connectivity index (χ4n) is 3.40. The summed E-state index contributed by atoms with van der Waals surface area (Å²) in [5.74, 6) is -0.717. The maximum Gasteiger partial charge on any atom is 0.240 e. The maximum atomic E-state index is 13.1. The zero-order valence-electron chi connectivity index (χ0n) is 17.0. The molecule has 0 bridgehead atoms. The molecule has 0 aromatic heterocycles. The van der Waals surface area contributed by atoms with Gasteiger partial charge in [-0.3, -0.25) is 9.10 Å². The summed E-state index contributed by atoms with van der Waals surface area (Å²) in [5.41, 5.74) is 1.46. The largest absolute Gasteiger partial charge is 0.354 e. The third-order valence-corrected chi connectivity index (χ3v) is 6.04. The minimum absolute atomic E-state index is 0.164. The number of amides is 1. The van der Waals surface area contributed by atoms with Crippen LogP contribution < -0.4 is 9.62 Å². The van der Waals surface area contributed by atoms with E-state index in [1.807, 2.05) is 25.1 Å². The summed E-state index contributed by atoms with van der Waals surface area (Å²) in [4.78, 5) is 12.4. The molecule has 3 rings (SSSR count). The van der Waals surface area contributed by atoms with Crippen LogP contribution in [0.1, 0.15) is 12.5 Å². The zero-order chi connectivity index (χ0) is 21.7. The Morgan fingerprint density at radius 3 is 2.40 bits per heavy atom. The standard InChI is InChI=1S/C23H25FN2O3S/c1-17(14-19-8-5-7-18-6-3-4-9-22(18)19)15-25-23(27)16-26(30(2,28)29)21-12-10-20(24)11-13-21/h3-13,17H,14-16H2,1-2H3,(H,25,27). The first-order chi connectivity index (χ1) is 14.2. The van der Waals surface area contributed by atoms with Crippen molar-refractivity contribution in [3.8, 4) is 0 Å². The van der Waals surface area contributed by atoms with Crippen LogP contribution in [0.2, 0.25) is 0 Å². The average molecular weight is 429 g/mol. The van der Waals surface area contributed by atoms with Crippen molar-refractivity contribution in [2.45, 2.75) is 13.3 Å². The Kier molecular flexibility index (Phi) is 6.72. The van der Waals surface area contributed by atoms with Crippen LogP contribution in [0.5, 0.6) is 0 Å². The van der Waals surface area contributed by atoms with Gasteiger partial charge in [-0.2, -0.15) is 0 Å². The van der Waals surface area contributed by atoms with E-state index in [0.29, 0.717) is 6.54 Å². The van der Waals surface area contributed by atoms with Gasteiger partial charge in [-0.1, -0.05) is 49.4 Å². The van der Waals surface area contributed by atoms with E-state index < -0.39 is 21.7 Å². The molecule has 0 fully saturated rings. The molecule has 0 saturated carbocycles. The van der Waals surface area contributed by atoms with E-state index in [-0.39, 0.29) is 18.2 Å². The molecule has 0 spiro atoms. The van der Waals surface area contributed by atoms with E-state index in [2.05, 4.69) is 29.6 Å². The lowest BCUT2D eigenvalue weighted by molar-refractivity contribution is -0.119. The summed E-state index contributed by atoms with van der Waals surface area (Å²) >= 11 is 0. The SMILES string of the molecule is CC(CNC(=O)CN(c1ccc(F)cc1)S(C)(=O)=O)Cc1cccc2ccccc12. The molecule has 5 nitrogen and oxygen atoms in total. The number of carbonyl (C=O) groups is 1. The Morgan fingerprint density at radius 2 is 1.70 bits per heavy atom. The normalized spacial score (nSPS) is 12.5. The van der Waals surface area contributed by atoms with Gasteiger partial charge in [0.2, 0.25) is 15.9 Å². The summed E-state index contributed by atoms with van der Waals surface area (Å²) in [6, 6.07) is 19.4. The van der Waals surface area contributed by atoms with Crippen LogP contribution in [0.4, 0.5) is 10.1 Å². The highest BCUT2D eigenvalue weighted by Gasteiger charge is 2.21. The fourth-order valence-corrected chi connectivity index (χ4v) is 4.26. The lowest BCUT2D eigenvalue weighted by atomic mass is 9.96. The monoisotopic (exact) mass is 428 g/mol. The van der Waals surface area contributed by atoms with Gasteiger partial charge in [-0.05, 0) is 52.9 Å². The van der Waals surface area contributed by atoms with Crippen LogP contribution in [0, 0.1) is 11.7 Å². The van der Waals surface area contributed by atoms with Crippen LogP contribution in [-0.4, -0.2) is 33.7 Å². The predicted octanol–water partition coefficient (Wildman–Crippen LogP) is 3.74. The molecular formula is C23H25FN2O3S. The first-order valence-electron chi connectivity index (χ1n) is 9.70. The summed E-state index contributed by atoms with van der Waals surface area (Å²) in [7, 11) is -3.69. The number of nitrogens with zero attached hydrogens (tertiary/aromatic N) is 1. The molecule has 0 aliphatic rings. The maximum absolute atomic E-state index is 13.1. The second-order valence-corrected chi connectivity index (χ2v) is 9.40. The van der Waals surface area contributed by atoms with Gasteiger partial charge >= 0.3 is 0 Å². The number of benzene rings is 3. The van der Waals surface area contributed by atoms with E-state index >= 15 is 0 Å². The molecule has 3 aromatic rings. The molecule has 7 heteroatoms. The predicted molar refractivity (Wildman–Crippen MR) is 118 cm³/mol. The molecule has 3 aromatic carbocycles. The number of sulfonamides is 1. The van der Waals surface area contributed by atoms with Gasteiger partial charge in [0.25, 0.3) is 0 Å². The third kappa shape index (κ3) is 5.57. The minimum atomic E-state index is -3.69. The van der Waals surface area contributed by atoms with Crippen LogP contribution in [0.25, 0.3) is 10.8 Å². The van der Waals surface area contributed by atoms with E-state index in [1.165, 1.54) is 28.5 Å². The fraction of sp³-hybridized carbons (Fsp3) is 0.261. The van der Waals surface area contributed by atoms with Gasteiger partial charge in [0.1, 0.15) is 12.4 Å². The summed E-state index contributed by atoms with van der Waals surface area (Å²) in [6.45, 7) is 2.10. The average Bonchev–Trinajstić information content (AvgIpc) is 2.71. The van der Waals surface area contributed by atoms with Crippen molar-refractivity contribution < 1.29 is 17.6 Å². The number of nitrogens with one attached hydrogen (secondary N) is 1. The Morgan fingerprint density at radius 1 is 1.03 bits per heavy atom. The van der Waals surface area contributed by atoms with Crippen LogP contribution in [0.3, 0.4) is 0 Å². The molecule has 158 valence electrons. The van der Waals surface area contributed by atoms with Gasteiger partial charge in [-0.25, -0.2) is 12.8 Å². The molecule has 1 unspecified atom stereocenters. The zero-order valence-corrected chi connectivity index (χ0v) is 17.8.